The van der Waals surface area contributed by atoms with E-state index < -0.39 is 0 Å². The topological polar surface area (TPSA) is 73.3 Å². The summed E-state index contributed by atoms with van der Waals surface area (Å²) in [5.74, 6) is 1.01. The van der Waals surface area contributed by atoms with Crippen LogP contribution in [0.25, 0.3) is 11.0 Å². The summed E-state index contributed by atoms with van der Waals surface area (Å²) in [6.07, 6.45) is 1.49. The van der Waals surface area contributed by atoms with Crippen LogP contribution in [-0.4, -0.2) is 30.1 Å². The number of nitrogens with one attached hydrogen (secondary N) is 1. The van der Waals surface area contributed by atoms with E-state index >= 15 is 0 Å². The predicted octanol–water partition coefficient (Wildman–Crippen LogP) is 3.45. The highest BCUT2D eigenvalue weighted by molar-refractivity contribution is 5.94. The van der Waals surface area contributed by atoms with E-state index in [1.807, 2.05) is 50.2 Å². The van der Waals surface area contributed by atoms with Gasteiger partial charge in [0.2, 0.25) is 0 Å². The number of aromatic nitrogens is 2. The molecule has 0 spiro atoms. The van der Waals surface area contributed by atoms with E-state index in [0.29, 0.717) is 17.0 Å². The highest BCUT2D eigenvalue weighted by atomic mass is 16.5. The van der Waals surface area contributed by atoms with Gasteiger partial charge in [-0.05, 0) is 49.2 Å². The smallest absolute Gasteiger partial charge is 0.271 e. The van der Waals surface area contributed by atoms with Crippen molar-refractivity contribution >= 4 is 16.9 Å². The van der Waals surface area contributed by atoms with E-state index in [9.17, 15) is 4.79 Å². The maximum atomic E-state index is 12.6. The summed E-state index contributed by atoms with van der Waals surface area (Å²) in [6, 6.07) is 11.0. The zero-order valence-electron chi connectivity index (χ0n) is 15.2. The standard InChI is InChI=1S/C20H21N3O3/c1-12-9-18(25-3)19(26-4)10-14(12)13(2)22-20(24)17-11-21-15-7-5-6-8-16(15)23-17/h5-11,13H,1-4H3,(H,22,24). The summed E-state index contributed by atoms with van der Waals surface area (Å²) in [5, 5.41) is 2.97. The molecule has 0 fully saturated rings. The fourth-order valence-electron chi connectivity index (χ4n) is 2.88. The van der Waals surface area contributed by atoms with Crippen LogP contribution in [0.5, 0.6) is 11.5 Å². The van der Waals surface area contributed by atoms with Gasteiger partial charge in [0.1, 0.15) is 5.69 Å². The summed E-state index contributed by atoms with van der Waals surface area (Å²) in [4.78, 5) is 21.3. The number of ether oxygens (including phenoxy) is 2. The Morgan fingerprint density at radius 2 is 1.73 bits per heavy atom. The minimum atomic E-state index is -0.273. The molecule has 6 nitrogen and oxygen atoms in total. The van der Waals surface area contributed by atoms with Gasteiger partial charge in [-0.25, -0.2) is 4.98 Å². The van der Waals surface area contributed by atoms with Crippen LogP contribution in [0.15, 0.2) is 42.6 Å². The minimum Gasteiger partial charge on any atom is -0.493 e. The van der Waals surface area contributed by atoms with E-state index in [1.165, 1.54) is 6.20 Å². The molecule has 1 atom stereocenters. The van der Waals surface area contributed by atoms with Crippen LogP contribution < -0.4 is 14.8 Å². The molecule has 0 saturated carbocycles. The fourth-order valence-corrected chi connectivity index (χ4v) is 2.88. The van der Waals surface area contributed by atoms with Crippen molar-refractivity contribution in [2.75, 3.05) is 14.2 Å². The Morgan fingerprint density at radius 3 is 2.42 bits per heavy atom. The number of hydrogen-bond donors (Lipinski definition) is 1. The Hall–Kier alpha value is -3.15. The summed E-state index contributed by atoms with van der Waals surface area (Å²) in [5.41, 5.74) is 3.68. The van der Waals surface area contributed by atoms with Gasteiger partial charge >= 0.3 is 0 Å². The monoisotopic (exact) mass is 351 g/mol. The molecule has 1 heterocycles. The number of carbonyl (C=O) groups is 1. The maximum Gasteiger partial charge on any atom is 0.271 e. The second-order valence-corrected chi connectivity index (χ2v) is 6.00. The van der Waals surface area contributed by atoms with Crippen molar-refractivity contribution in [3.63, 3.8) is 0 Å². The van der Waals surface area contributed by atoms with E-state index in [4.69, 9.17) is 9.47 Å². The largest absolute Gasteiger partial charge is 0.493 e. The van der Waals surface area contributed by atoms with Crippen LogP contribution in [0, 0.1) is 6.92 Å². The molecule has 0 radical (unpaired) electrons. The zero-order valence-corrected chi connectivity index (χ0v) is 15.2. The number of methoxy groups -OCH3 is 2. The molecule has 2 aromatic carbocycles. The number of para-hydroxylation sites is 2. The van der Waals surface area contributed by atoms with E-state index in [1.54, 1.807) is 14.2 Å². The number of benzene rings is 2. The fraction of sp³-hybridized carbons (Fsp3) is 0.250. The summed E-state index contributed by atoms with van der Waals surface area (Å²) >= 11 is 0. The average Bonchev–Trinajstić information content (AvgIpc) is 2.67. The second kappa shape index (κ2) is 7.39. The lowest BCUT2D eigenvalue weighted by Crippen LogP contribution is -2.28. The lowest BCUT2D eigenvalue weighted by molar-refractivity contribution is 0.0934. The van der Waals surface area contributed by atoms with Crippen molar-refractivity contribution in [2.45, 2.75) is 19.9 Å². The molecule has 0 bridgehead atoms. The van der Waals surface area contributed by atoms with Crippen molar-refractivity contribution < 1.29 is 14.3 Å². The molecule has 1 unspecified atom stereocenters. The van der Waals surface area contributed by atoms with E-state index in [-0.39, 0.29) is 17.6 Å². The number of amides is 1. The quantitative estimate of drug-likeness (QED) is 0.762. The average molecular weight is 351 g/mol. The summed E-state index contributed by atoms with van der Waals surface area (Å²) < 4.78 is 10.7. The first-order valence-corrected chi connectivity index (χ1v) is 8.28. The number of aryl methyl sites for hydroxylation is 1. The van der Waals surface area contributed by atoms with Crippen LogP contribution >= 0.6 is 0 Å². The van der Waals surface area contributed by atoms with Crippen molar-refractivity contribution in [1.29, 1.82) is 0 Å². The van der Waals surface area contributed by atoms with Crippen molar-refractivity contribution in [2.24, 2.45) is 0 Å². The first-order chi connectivity index (χ1) is 12.5. The molecule has 3 aromatic rings. The molecule has 1 aromatic heterocycles. The van der Waals surface area contributed by atoms with Gasteiger partial charge in [-0.15, -0.1) is 0 Å². The highest BCUT2D eigenvalue weighted by Crippen LogP contribution is 2.32. The SMILES string of the molecule is COc1cc(C)c(C(C)NC(=O)c2cnc3ccccc3n2)cc1OC. The predicted molar refractivity (Wildman–Crippen MR) is 99.7 cm³/mol. The Balaban J connectivity index is 1.84. The van der Waals surface area contributed by atoms with Gasteiger partial charge in [-0.2, -0.15) is 0 Å². The molecule has 1 amide bonds. The van der Waals surface area contributed by atoms with Crippen molar-refractivity contribution in [3.05, 3.63) is 59.4 Å². The molecule has 134 valence electrons. The van der Waals surface area contributed by atoms with Crippen LogP contribution in [0.3, 0.4) is 0 Å². The molecule has 0 aliphatic heterocycles. The minimum absolute atomic E-state index is 0.226. The number of carbonyl (C=O) groups excluding carboxylic acids is 1. The molecule has 0 aliphatic carbocycles. The van der Waals surface area contributed by atoms with Gasteiger partial charge in [0.15, 0.2) is 11.5 Å². The highest BCUT2D eigenvalue weighted by Gasteiger charge is 2.17. The first kappa shape index (κ1) is 17.7. The number of nitrogens with zero attached hydrogens (tertiary/aromatic N) is 2. The van der Waals surface area contributed by atoms with Gasteiger partial charge < -0.3 is 14.8 Å². The third-order valence-electron chi connectivity index (χ3n) is 4.27. The van der Waals surface area contributed by atoms with Gasteiger partial charge in [0.25, 0.3) is 5.91 Å². The maximum absolute atomic E-state index is 12.6. The first-order valence-electron chi connectivity index (χ1n) is 8.28. The molecular formula is C20H21N3O3. The van der Waals surface area contributed by atoms with Gasteiger partial charge in [0.05, 0.1) is 37.5 Å². The normalized spacial score (nSPS) is 11.8. The van der Waals surface area contributed by atoms with Crippen molar-refractivity contribution in [1.82, 2.24) is 15.3 Å². The lowest BCUT2D eigenvalue weighted by atomic mass is 10.0. The van der Waals surface area contributed by atoms with Gasteiger partial charge in [-0.3, -0.25) is 9.78 Å². The molecule has 0 saturated heterocycles. The molecular weight excluding hydrogens is 330 g/mol. The summed E-state index contributed by atoms with van der Waals surface area (Å²) in [6.45, 7) is 3.89. The Bertz CT molecular complexity index is 956. The Morgan fingerprint density at radius 1 is 1.08 bits per heavy atom. The summed E-state index contributed by atoms with van der Waals surface area (Å²) in [7, 11) is 3.19. The van der Waals surface area contributed by atoms with Crippen LogP contribution in [0.4, 0.5) is 0 Å². The molecule has 3 rings (SSSR count). The Kier molecular flexibility index (Phi) is 5.02. The van der Waals surface area contributed by atoms with Crippen LogP contribution in [0.1, 0.15) is 34.6 Å². The third-order valence-corrected chi connectivity index (χ3v) is 4.27. The molecule has 6 heteroatoms. The van der Waals surface area contributed by atoms with Crippen LogP contribution in [-0.2, 0) is 0 Å². The van der Waals surface area contributed by atoms with Gasteiger partial charge in [-0.1, -0.05) is 12.1 Å². The number of rotatable bonds is 5. The van der Waals surface area contributed by atoms with Gasteiger partial charge in [0, 0.05) is 0 Å². The number of fused-ring (bicyclic) bond motifs is 1. The van der Waals surface area contributed by atoms with E-state index in [2.05, 4.69) is 15.3 Å². The lowest BCUT2D eigenvalue weighted by Gasteiger charge is -2.19. The zero-order chi connectivity index (χ0) is 18.7. The molecule has 26 heavy (non-hydrogen) atoms. The van der Waals surface area contributed by atoms with Crippen molar-refractivity contribution in [3.8, 4) is 11.5 Å². The Labute approximate surface area is 152 Å². The van der Waals surface area contributed by atoms with Crippen LogP contribution in [0.2, 0.25) is 0 Å². The van der Waals surface area contributed by atoms with E-state index in [0.717, 1.165) is 16.6 Å². The third kappa shape index (κ3) is 3.44. The number of hydrogen-bond acceptors (Lipinski definition) is 5. The second-order valence-electron chi connectivity index (χ2n) is 6.00. The molecule has 0 aliphatic rings. The molecule has 1 N–H and O–H groups in total.